The average Bonchev–Trinajstić information content (AvgIpc) is 2.96. The summed E-state index contributed by atoms with van der Waals surface area (Å²) < 4.78 is 3.25. The van der Waals surface area contributed by atoms with Gasteiger partial charge < -0.3 is 10.4 Å². The number of nitrogens with zero attached hydrogens (tertiary/aromatic N) is 4. The Bertz CT molecular complexity index is 658. The molecule has 1 fully saturated rings. The van der Waals surface area contributed by atoms with E-state index in [4.69, 9.17) is 5.11 Å². The first-order valence-corrected chi connectivity index (χ1v) is 7.41. The van der Waals surface area contributed by atoms with E-state index in [0.717, 1.165) is 5.69 Å². The molecular formula is C14H20N6O2. The maximum atomic E-state index is 12.0. The highest BCUT2D eigenvalue weighted by molar-refractivity contribution is 5.99. The van der Waals surface area contributed by atoms with Crippen molar-refractivity contribution >= 4 is 17.5 Å². The third-order valence-electron chi connectivity index (χ3n) is 3.88. The third-order valence-corrected chi connectivity index (χ3v) is 3.88. The average molecular weight is 304 g/mol. The molecule has 2 heterocycles. The van der Waals surface area contributed by atoms with Crippen molar-refractivity contribution in [2.24, 2.45) is 7.05 Å². The molecule has 8 heteroatoms. The number of carbonyl (C=O) groups excluding carboxylic acids is 1. The Morgan fingerprint density at radius 1 is 1.45 bits per heavy atom. The largest absolute Gasteiger partial charge is 0.394 e. The number of hydrogen-bond acceptors (Lipinski definition) is 4. The molecule has 1 saturated carbocycles. The summed E-state index contributed by atoms with van der Waals surface area (Å²) >= 11 is 0. The smallest absolute Gasteiger partial charge is 0.324 e. The van der Waals surface area contributed by atoms with Gasteiger partial charge in [0, 0.05) is 25.2 Å². The van der Waals surface area contributed by atoms with Crippen molar-refractivity contribution in [3.05, 3.63) is 24.2 Å². The molecule has 0 aliphatic heterocycles. The molecule has 0 aromatic carbocycles. The van der Waals surface area contributed by atoms with Gasteiger partial charge in [0.25, 0.3) is 0 Å². The molecule has 0 unspecified atom stereocenters. The second kappa shape index (κ2) is 6.18. The molecule has 2 amide bonds. The van der Waals surface area contributed by atoms with Crippen molar-refractivity contribution < 1.29 is 9.90 Å². The molecule has 3 N–H and O–H groups in total. The summed E-state index contributed by atoms with van der Waals surface area (Å²) in [5.74, 6) is 1.20. The summed E-state index contributed by atoms with van der Waals surface area (Å²) in [6.45, 7) is 0.405. The van der Waals surface area contributed by atoms with Gasteiger partial charge in [0.05, 0.1) is 30.7 Å². The normalized spacial score (nSPS) is 14.6. The lowest BCUT2D eigenvalue weighted by Gasteiger charge is -2.22. The van der Waals surface area contributed by atoms with Gasteiger partial charge in [-0.2, -0.15) is 10.2 Å². The monoisotopic (exact) mass is 304 g/mol. The molecule has 1 aliphatic rings. The second-order valence-corrected chi connectivity index (χ2v) is 5.50. The molecule has 0 saturated heterocycles. The minimum Gasteiger partial charge on any atom is -0.394 e. The Labute approximate surface area is 128 Å². The van der Waals surface area contributed by atoms with Crippen molar-refractivity contribution in [1.29, 1.82) is 0 Å². The molecule has 2 aromatic heterocycles. The lowest BCUT2D eigenvalue weighted by molar-refractivity contribution is 0.262. The van der Waals surface area contributed by atoms with Crippen molar-refractivity contribution in [1.82, 2.24) is 19.6 Å². The standard InChI is InChI=1S/C14H20N6O2/c1-19-13(7-12(18-19)10-3-2-4-10)17-14(22)16-11-8-15-20(9-11)5-6-21/h7-10,21H,2-6H2,1H3,(H2,16,17,22). The van der Waals surface area contributed by atoms with Crippen LogP contribution >= 0.6 is 0 Å². The van der Waals surface area contributed by atoms with Gasteiger partial charge in [-0.25, -0.2) is 4.79 Å². The summed E-state index contributed by atoms with van der Waals surface area (Å²) in [7, 11) is 1.82. The van der Waals surface area contributed by atoms with Crippen LogP contribution in [0, 0.1) is 0 Å². The second-order valence-electron chi connectivity index (χ2n) is 5.50. The minimum atomic E-state index is -0.341. The topological polar surface area (TPSA) is 97.0 Å². The van der Waals surface area contributed by atoms with Crippen molar-refractivity contribution in [2.45, 2.75) is 31.7 Å². The fraction of sp³-hybridized carbons (Fsp3) is 0.500. The molecule has 0 radical (unpaired) electrons. The Balaban J connectivity index is 1.59. The Morgan fingerprint density at radius 2 is 2.27 bits per heavy atom. The Kier molecular flexibility index (Phi) is 4.10. The number of rotatable bonds is 5. The fourth-order valence-electron chi connectivity index (χ4n) is 2.44. The highest BCUT2D eigenvalue weighted by atomic mass is 16.3. The van der Waals surface area contributed by atoms with Crippen LogP contribution in [0.2, 0.25) is 0 Å². The van der Waals surface area contributed by atoms with Crippen LogP contribution < -0.4 is 10.6 Å². The van der Waals surface area contributed by atoms with Gasteiger partial charge in [0.15, 0.2) is 0 Å². The molecule has 8 nitrogen and oxygen atoms in total. The van der Waals surface area contributed by atoms with E-state index < -0.39 is 0 Å². The highest BCUT2D eigenvalue weighted by Crippen LogP contribution is 2.36. The van der Waals surface area contributed by atoms with Gasteiger partial charge in [-0.3, -0.25) is 14.7 Å². The van der Waals surface area contributed by atoms with E-state index in [0.29, 0.717) is 24.0 Å². The van der Waals surface area contributed by atoms with Crippen LogP contribution in [0.1, 0.15) is 30.9 Å². The minimum absolute atomic E-state index is 0.00623. The van der Waals surface area contributed by atoms with Crippen LogP contribution in [-0.4, -0.2) is 37.3 Å². The lowest BCUT2D eigenvalue weighted by Crippen LogP contribution is -2.20. The Hall–Kier alpha value is -2.35. The van der Waals surface area contributed by atoms with E-state index in [-0.39, 0.29) is 12.6 Å². The van der Waals surface area contributed by atoms with Gasteiger partial charge >= 0.3 is 6.03 Å². The zero-order valence-corrected chi connectivity index (χ0v) is 12.5. The zero-order valence-electron chi connectivity index (χ0n) is 12.5. The predicted molar refractivity (Wildman–Crippen MR) is 81.8 cm³/mol. The first-order chi connectivity index (χ1) is 10.7. The van der Waals surface area contributed by atoms with E-state index >= 15 is 0 Å². The van der Waals surface area contributed by atoms with Crippen molar-refractivity contribution in [3.8, 4) is 0 Å². The van der Waals surface area contributed by atoms with Crippen LogP contribution in [0.4, 0.5) is 16.3 Å². The van der Waals surface area contributed by atoms with Crippen LogP contribution in [-0.2, 0) is 13.6 Å². The molecule has 22 heavy (non-hydrogen) atoms. The van der Waals surface area contributed by atoms with Crippen molar-refractivity contribution in [3.63, 3.8) is 0 Å². The van der Waals surface area contributed by atoms with E-state index in [1.54, 1.807) is 15.6 Å². The molecule has 0 spiro atoms. The summed E-state index contributed by atoms with van der Waals surface area (Å²) in [5, 5.41) is 22.8. The number of aryl methyl sites for hydroxylation is 1. The summed E-state index contributed by atoms with van der Waals surface area (Å²) in [4.78, 5) is 12.0. The first kappa shape index (κ1) is 14.6. The van der Waals surface area contributed by atoms with E-state index in [1.807, 2.05) is 13.1 Å². The molecule has 2 aromatic rings. The number of urea groups is 1. The number of aliphatic hydroxyl groups excluding tert-OH is 1. The van der Waals surface area contributed by atoms with Gasteiger partial charge in [-0.05, 0) is 12.8 Å². The number of anilines is 2. The molecule has 3 rings (SSSR count). The van der Waals surface area contributed by atoms with E-state index in [1.165, 1.54) is 25.5 Å². The molecule has 0 atom stereocenters. The molecule has 0 bridgehead atoms. The van der Waals surface area contributed by atoms with Crippen LogP contribution in [0.5, 0.6) is 0 Å². The van der Waals surface area contributed by atoms with Gasteiger partial charge in [0.1, 0.15) is 5.82 Å². The fourth-order valence-corrected chi connectivity index (χ4v) is 2.44. The number of hydrogen-bond donors (Lipinski definition) is 3. The third kappa shape index (κ3) is 3.11. The van der Waals surface area contributed by atoms with E-state index in [9.17, 15) is 4.79 Å². The van der Waals surface area contributed by atoms with Gasteiger partial charge in [0.2, 0.25) is 0 Å². The van der Waals surface area contributed by atoms with E-state index in [2.05, 4.69) is 20.8 Å². The summed E-state index contributed by atoms with van der Waals surface area (Å²) in [6, 6.07) is 1.59. The lowest BCUT2D eigenvalue weighted by atomic mass is 9.83. The van der Waals surface area contributed by atoms with Crippen molar-refractivity contribution in [2.75, 3.05) is 17.2 Å². The number of nitrogens with one attached hydrogen (secondary N) is 2. The van der Waals surface area contributed by atoms with Gasteiger partial charge in [-0.1, -0.05) is 6.42 Å². The summed E-state index contributed by atoms with van der Waals surface area (Å²) in [5.41, 5.74) is 1.62. The maximum absolute atomic E-state index is 12.0. The predicted octanol–water partition coefficient (Wildman–Crippen LogP) is 1.52. The molecule has 1 aliphatic carbocycles. The van der Waals surface area contributed by atoms with Crippen LogP contribution in [0.3, 0.4) is 0 Å². The van der Waals surface area contributed by atoms with Gasteiger partial charge in [-0.15, -0.1) is 0 Å². The number of aromatic nitrogens is 4. The quantitative estimate of drug-likeness (QED) is 0.780. The number of carbonyl (C=O) groups is 1. The molecule has 118 valence electrons. The van der Waals surface area contributed by atoms with Crippen LogP contribution in [0.25, 0.3) is 0 Å². The number of amides is 2. The SMILES string of the molecule is Cn1nc(C2CCC2)cc1NC(=O)Nc1cnn(CCO)c1. The first-order valence-electron chi connectivity index (χ1n) is 7.41. The van der Waals surface area contributed by atoms with Crippen LogP contribution in [0.15, 0.2) is 18.5 Å². The highest BCUT2D eigenvalue weighted by Gasteiger charge is 2.23. The molecular weight excluding hydrogens is 284 g/mol. The zero-order chi connectivity index (χ0) is 15.5. The Morgan fingerprint density at radius 3 is 2.95 bits per heavy atom. The summed E-state index contributed by atoms with van der Waals surface area (Å²) in [6.07, 6.45) is 6.80. The maximum Gasteiger partial charge on any atom is 0.324 e. The number of aliphatic hydroxyl groups is 1.